The molecule has 2 heterocycles. The summed E-state index contributed by atoms with van der Waals surface area (Å²) in [6.45, 7) is 1.91. The summed E-state index contributed by atoms with van der Waals surface area (Å²) in [5.41, 5.74) is 3.25. The van der Waals surface area contributed by atoms with Gasteiger partial charge in [0.05, 0.1) is 25.5 Å². The molecule has 0 spiro atoms. The van der Waals surface area contributed by atoms with Crippen LogP contribution in [0.15, 0.2) is 83.4 Å². The number of aromatic nitrogens is 3. The Morgan fingerprint density at radius 1 is 0.930 bits per heavy atom. The highest BCUT2D eigenvalue weighted by atomic mass is 16.6. The van der Waals surface area contributed by atoms with Gasteiger partial charge in [-0.25, -0.2) is 14.5 Å². The Kier molecular flexibility index (Phi) is 9.01. The van der Waals surface area contributed by atoms with Crippen LogP contribution in [0.2, 0.25) is 0 Å². The molecular formula is C32H29N3O8. The number of carbonyl (C=O) groups excluding carboxylic acids is 2. The molecule has 0 fully saturated rings. The SMILES string of the molecule is COC(=O)COc1cccc(-c2nc(COc3ccc(COc4nn(-c5ccccc5)cc4C=O)cc3OC)c(C)o2)c1. The third-order valence-corrected chi connectivity index (χ3v) is 6.38. The number of aldehydes is 1. The van der Waals surface area contributed by atoms with Crippen molar-refractivity contribution < 1.29 is 37.7 Å². The van der Waals surface area contributed by atoms with Crippen LogP contribution in [0.5, 0.6) is 23.1 Å². The molecule has 0 bridgehead atoms. The van der Waals surface area contributed by atoms with E-state index in [1.165, 1.54) is 7.11 Å². The fraction of sp³-hybridized carbons (Fsp3) is 0.188. The van der Waals surface area contributed by atoms with Crippen molar-refractivity contribution in [1.29, 1.82) is 0 Å². The lowest BCUT2D eigenvalue weighted by Gasteiger charge is -2.12. The predicted molar refractivity (Wildman–Crippen MR) is 155 cm³/mol. The monoisotopic (exact) mass is 583 g/mol. The lowest BCUT2D eigenvalue weighted by Crippen LogP contribution is -2.12. The summed E-state index contributed by atoms with van der Waals surface area (Å²) in [5.74, 6) is 2.24. The van der Waals surface area contributed by atoms with Gasteiger partial charge < -0.3 is 28.1 Å². The van der Waals surface area contributed by atoms with Gasteiger partial charge in [0, 0.05) is 11.8 Å². The van der Waals surface area contributed by atoms with E-state index < -0.39 is 5.97 Å². The van der Waals surface area contributed by atoms with Crippen molar-refractivity contribution in [1.82, 2.24) is 14.8 Å². The van der Waals surface area contributed by atoms with Crippen molar-refractivity contribution in [2.75, 3.05) is 20.8 Å². The van der Waals surface area contributed by atoms with Gasteiger partial charge >= 0.3 is 5.97 Å². The van der Waals surface area contributed by atoms with Crippen LogP contribution in [-0.4, -0.2) is 47.8 Å². The zero-order chi connectivity index (χ0) is 30.2. The third-order valence-electron chi connectivity index (χ3n) is 6.38. The number of esters is 1. The molecule has 3 aromatic carbocycles. The molecule has 0 radical (unpaired) electrons. The highest BCUT2D eigenvalue weighted by Crippen LogP contribution is 2.31. The number of aryl methyl sites for hydroxylation is 1. The summed E-state index contributed by atoms with van der Waals surface area (Å²) < 4.78 is 35.0. The van der Waals surface area contributed by atoms with E-state index in [0.29, 0.717) is 52.0 Å². The average Bonchev–Trinajstić information content (AvgIpc) is 3.65. The molecule has 0 aliphatic heterocycles. The van der Waals surface area contributed by atoms with Gasteiger partial charge in [0.2, 0.25) is 11.8 Å². The van der Waals surface area contributed by atoms with E-state index in [0.717, 1.165) is 11.3 Å². The Hall–Kier alpha value is -5.58. The smallest absolute Gasteiger partial charge is 0.343 e. The van der Waals surface area contributed by atoms with Crippen molar-refractivity contribution in [3.63, 3.8) is 0 Å². The molecule has 0 N–H and O–H groups in total. The van der Waals surface area contributed by atoms with Gasteiger partial charge in [0.1, 0.15) is 30.4 Å². The number of hydrogen-bond donors (Lipinski definition) is 0. The van der Waals surface area contributed by atoms with Crippen LogP contribution in [0.1, 0.15) is 27.4 Å². The standard InChI is InChI=1S/C32H29N3O8/c1-21-27(33-31(43-21)23-8-7-11-26(15-23)40-20-30(37)39-3)19-41-28-13-12-22(14-29(28)38-2)18-42-32-24(17-36)16-35(34-32)25-9-5-4-6-10-25/h4-17H,18-20H2,1-3H3. The summed E-state index contributed by atoms with van der Waals surface area (Å²) in [7, 11) is 2.85. The Morgan fingerprint density at radius 3 is 2.53 bits per heavy atom. The molecule has 43 heavy (non-hydrogen) atoms. The maximum atomic E-state index is 11.6. The Morgan fingerprint density at radius 2 is 1.77 bits per heavy atom. The normalized spacial score (nSPS) is 10.7. The van der Waals surface area contributed by atoms with Crippen molar-refractivity contribution in [2.45, 2.75) is 20.1 Å². The van der Waals surface area contributed by atoms with E-state index in [4.69, 9.17) is 23.4 Å². The molecule has 220 valence electrons. The Labute approximate surface area is 247 Å². The third kappa shape index (κ3) is 7.02. The second-order valence-electron chi connectivity index (χ2n) is 9.26. The first-order valence-corrected chi connectivity index (χ1v) is 13.3. The van der Waals surface area contributed by atoms with Crippen LogP contribution in [-0.2, 0) is 22.7 Å². The molecule has 0 saturated heterocycles. The first-order chi connectivity index (χ1) is 21.0. The van der Waals surface area contributed by atoms with Crippen LogP contribution in [0.3, 0.4) is 0 Å². The van der Waals surface area contributed by atoms with E-state index in [1.54, 1.807) is 55.2 Å². The van der Waals surface area contributed by atoms with E-state index in [1.807, 2.05) is 42.5 Å². The van der Waals surface area contributed by atoms with Crippen molar-refractivity contribution in [3.8, 4) is 40.3 Å². The van der Waals surface area contributed by atoms with E-state index in [9.17, 15) is 9.59 Å². The summed E-state index contributed by atoms with van der Waals surface area (Å²) in [6.07, 6.45) is 2.34. The first kappa shape index (κ1) is 28.9. The number of ether oxygens (including phenoxy) is 5. The number of para-hydroxylation sites is 1. The molecule has 0 amide bonds. The van der Waals surface area contributed by atoms with E-state index >= 15 is 0 Å². The van der Waals surface area contributed by atoms with Gasteiger partial charge in [-0.1, -0.05) is 30.3 Å². The average molecular weight is 584 g/mol. The minimum atomic E-state index is -0.477. The molecule has 0 aliphatic carbocycles. The van der Waals surface area contributed by atoms with Gasteiger partial charge in [-0.3, -0.25) is 4.79 Å². The maximum absolute atomic E-state index is 11.6. The van der Waals surface area contributed by atoms with Crippen molar-refractivity contribution >= 4 is 12.3 Å². The summed E-state index contributed by atoms with van der Waals surface area (Å²) in [5, 5.41) is 4.41. The molecule has 2 aromatic heterocycles. The zero-order valence-corrected chi connectivity index (χ0v) is 23.8. The highest BCUT2D eigenvalue weighted by Gasteiger charge is 2.16. The quantitative estimate of drug-likeness (QED) is 0.132. The van der Waals surface area contributed by atoms with E-state index in [2.05, 4.69) is 14.8 Å². The van der Waals surface area contributed by atoms with Gasteiger partial charge in [-0.15, -0.1) is 5.10 Å². The highest BCUT2D eigenvalue weighted by molar-refractivity contribution is 5.78. The molecule has 0 aliphatic rings. The number of rotatable bonds is 13. The first-order valence-electron chi connectivity index (χ1n) is 13.3. The van der Waals surface area contributed by atoms with Gasteiger partial charge in [0.15, 0.2) is 24.4 Å². The molecule has 11 nitrogen and oxygen atoms in total. The van der Waals surface area contributed by atoms with Gasteiger partial charge in [-0.2, -0.15) is 0 Å². The number of carbonyl (C=O) groups is 2. The Bertz CT molecular complexity index is 1710. The largest absolute Gasteiger partial charge is 0.493 e. The van der Waals surface area contributed by atoms with Crippen LogP contribution < -0.4 is 18.9 Å². The van der Waals surface area contributed by atoms with E-state index in [-0.39, 0.29) is 25.7 Å². The lowest BCUT2D eigenvalue weighted by molar-refractivity contribution is -0.142. The fourth-order valence-electron chi connectivity index (χ4n) is 4.10. The minimum Gasteiger partial charge on any atom is -0.493 e. The zero-order valence-electron chi connectivity index (χ0n) is 23.8. The molecule has 5 aromatic rings. The second kappa shape index (κ2) is 13.4. The van der Waals surface area contributed by atoms with Gasteiger partial charge in [-0.05, 0) is 55.0 Å². The fourth-order valence-corrected chi connectivity index (χ4v) is 4.10. The van der Waals surface area contributed by atoms with Crippen molar-refractivity contribution in [3.05, 3.63) is 102 Å². The lowest BCUT2D eigenvalue weighted by atomic mass is 10.2. The molecule has 0 atom stereocenters. The number of hydrogen-bond acceptors (Lipinski definition) is 10. The molecule has 11 heteroatoms. The molecule has 0 unspecified atom stereocenters. The topological polar surface area (TPSA) is 124 Å². The number of nitrogens with zero attached hydrogens (tertiary/aromatic N) is 3. The van der Waals surface area contributed by atoms with Crippen LogP contribution >= 0.6 is 0 Å². The summed E-state index contributed by atoms with van der Waals surface area (Å²) in [4.78, 5) is 27.6. The maximum Gasteiger partial charge on any atom is 0.343 e. The summed E-state index contributed by atoms with van der Waals surface area (Å²) >= 11 is 0. The molecule has 5 rings (SSSR count). The number of methoxy groups -OCH3 is 2. The second-order valence-corrected chi connectivity index (χ2v) is 9.26. The van der Waals surface area contributed by atoms with Crippen LogP contribution in [0, 0.1) is 6.92 Å². The minimum absolute atomic E-state index is 0.139. The number of benzene rings is 3. The molecular weight excluding hydrogens is 554 g/mol. The predicted octanol–water partition coefficient (Wildman–Crippen LogP) is 5.37. The Balaban J connectivity index is 1.23. The molecule has 0 saturated carbocycles. The van der Waals surface area contributed by atoms with Gasteiger partial charge in [0.25, 0.3) is 0 Å². The van der Waals surface area contributed by atoms with Crippen LogP contribution in [0.4, 0.5) is 0 Å². The van der Waals surface area contributed by atoms with Crippen molar-refractivity contribution in [2.24, 2.45) is 0 Å². The van der Waals surface area contributed by atoms with Crippen LogP contribution in [0.25, 0.3) is 17.1 Å². The summed E-state index contributed by atoms with van der Waals surface area (Å²) in [6, 6.07) is 21.9. The number of oxazole rings is 1.